The number of fused-ring (bicyclic) bond motifs is 1. The zero-order valence-corrected chi connectivity index (χ0v) is 84.5. The van der Waals surface area contributed by atoms with Gasteiger partial charge in [0, 0.05) is 188 Å². The van der Waals surface area contributed by atoms with E-state index in [1.54, 1.807) is 24.8 Å². The Bertz CT molecular complexity index is 5640. The molecule has 1 atom stereocenters. The number of pyridine rings is 8. The van der Waals surface area contributed by atoms with Crippen LogP contribution in [0.15, 0.2) is 357 Å². The van der Waals surface area contributed by atoms with Crippen LogP contribution in [-0.2, 0) is 131 Å². The summed E-state index contributed by atoms with van der Waals surface area (Å²) in [7, 11) is 0. The summed E-state index contributed by atoms with van der Waals surface area (Å²) >= 11 is 0. The third kappa shape index (κ3) is 46.5. The number of benzene rings is 6. The van der Waals surface area contributed by atoms with E-state index in [-0.39, 0.29) is 151 Å². The molecule has 8 aromatic heterocycles. The molecule has 0 aliphatic carbocycles. The molecule has 1 unspecified atom stereocenters. The maximum Gasteiger partial charge on any atom is 0.202 e. The molecule has 6 aromatic carbocycles. The van der Waals surface area contributed by atoms with Gasteiger partial charge in [-0.25, -0.2) is 0 Å². The molecule has 14 rings (SSSR count). The molecule has 694 valence electrons. The van der Waals surface area contributed by atoms with Gasteiger partial charge in [0.05, 0.1) is 23.0 Å². The maximum atomic E-state index is 10.0. The second-order valence-corrected chi connectivity index (χ2v) is 29.0. The number of hydrogen-bond donors (Lipinski definition) is 4. The summed E-state index contributed by atoms with van der Waals surface area (Å²) in [5.74, 6) is 1.06. The molecule has 0 amide bonds. The summed E-state index contributed by atoms with van der Waals surface area (Å²) in [5.41, 5.74) is 14.5. The molecule has 0 saturated heterocycles. The Morgan fingerprint density at radius 1 is 0.371 bits per heavy atom. The van der Waals surface area contributed by atoms with Crippen molar-refractivity contribution in [3.8, 4) is 56.7 Å². The molecular formula is C106H106Ir4N12O10-8. The minimum atomic E-state index is -0.125. The van der Waals surface area contributed by atoms with Crippen molar-refractivity contribution < 1.29 is 129 Å². The van der Waals surface area contributed by atoms with Crippen molar-refractivity contribution in [2.75, 3.05) is 26.6 Å². The molecule has 26 heteroatoms. The van der Waals surface area contributed by atoms with Crippen molar-refractivity contribution in [1.82, 2.24) is 39.9 Å². The van der Waals surface area contributed by atoms with E-state index in [0.717, 1.165) is 90.0 Å². The summed E-state index contributed by atoms with van der Waals surface area (Å²) in [4.78, 5) is 76.0. The summed E-state index contributed by atoms with van der Waals surface area (Å²) in [6.45, 7) is 19.9. The second kappa shape index (κ2) is 65.3. The number of rotatable bonds is 29. The number of hydrogen-bond acceptors (Lipinski definition) is 18. The number of nitrogens with zero attached hydrogens (tertiary/aromatic N) is 12. The van der Waals surface area contributed by atoms with Crippen molar-refractivity contribution in [1.29, 1.82) is 0 Å². The van der Waals surface area contributed by atoms with E-state index in [9.17, 15) is 19.2 Å². The van der Waals surface area contributed by atoms with Gasteiger partial charge in [0.25, 0.3) is 0 Å². The first-order valence-corrected chi connectivity index (χ1v) is 41.0. The number of carbonyl (C=O) groups excluding carboxylic acids is 4. The number of aliphatic hydroxyl groups is 4. The van der Waals surface area contributed by atoms with Crippen LogP contribution < -0.4 is 9.47 Å². The molecule has 0 aliphatic heterocycles. The number of ether oxygens (including phenoxy) is 2. The van der Waals surface area contributed by atoms with Crippen LogP contribution in [0.2, 0.25) is 0 Å². The number of aromatic nitrogens is 8. The monoisotopic (exact) mass is 2480 g/mol. The van der Waals surface area contributed by atoms with E-state index in [2.05, 4.69) is 145 Å². The van der Waals surface area contributed by atoms with Crippen LogP contribution in [0, 0.1) is 24.3 Å². The van der Waals surface area contributed by atoms with Gasteiger partial charge < -0.3 is 66.1 Å². The normalized spacial score (nSPS) is 10.9. The van der Waals surface area contributed by atoms with Crippen LogP contribution in [0.25, 0.3) is 77.1 Å². The average Bonchev–Trinajstić information content (AvgIpc) is 0.812. The molecule has 14 aromatic rings. The van der Waals surface area contributed by atoms with Crippen LogP contribution in [0.1, 0.15) is 115 Å². The van der Waals surface area contributed by atoms with E-state index >= 15 is 0 Å². The predicted octanol–water partition coefficient (Wildman–Crippen LogP) is 23.4. The number of allylic oxidation sites excluding steroid dienone is 8. The Morgan fingerprint density at radius 3 is 1.20 bits per heavy atom. The van der Waals surface area contributed by atoms with E-state index in [0.29, 0.717) is 50.9 Å². The zero-order chi connectivity index (χ0) is 91.9. The smallest absolute Gasteiger partial charge is 0.202 e. The summed E-state index contributed by atoms with van der Waals surface area (Å²) in [6, 6.07) is 104. The van der Waals surface area contributed by atoms with Crippen LogP contribution in [0.4, 0.5) is 0 Å². The average molecular weight is 2480 g/mol. The van der Waals surface area contributed by atoms with Gasteiger partial charge in [-0.2, -0.15) is 0 Å². The van der Waals surface area contributed by atoms with Crippen molar-refractivity contribution >= 4 is 33.9 Å². The fraction of sp³-hybridized carbons (Fsp3) is 0.189. The van der Waals surface area contributed by atoms with Gasteiger partial charge in [0.1, 0.15) is 0 Å². The quantitative estimate of drug-likeness (QED) is 0.0146. The second-order valence-electron chi connectivity index (χ2n) is 29.0. The fourth-order valence-electron chi connectivity index (χ4n) is 11.6. The summed E-state index contributed by atoms with van der Waals surface area (Å²) in [6.07, 6.45) is 13.6. The molecule has 0 spiro atoms. The van der Waals surface area contributed by atoms with Crippen molar-refractivity contribution in [3.63, 3.8) is 0 Å². The zero-order valence-electron chi connectivity index (χ0n) is 74.9. The molecule has 132 heavy (non-hydrogen) atoms. The predicted molar refractivity (Wildman–Crippen MR) is 507 cm³/mol. The molecule has 0 saturated carbocycles. The minimum absolute atomic E-state index is 0. The van der Waals surface area contributed by atoms with Gasteiger partial charge >= 0.3 is 0 Å². The van der Waals surface area contributed by atoms with Crippen molar-refractivity contribution in [2.45, 2.75) is 107 Å². The topological polar surface area (TPSA) is 327 Å². The van der Waals surface area contributed by atoms with Gasteiger partial charge in [-0.15, -0.1) is 171 Å². The molecule has 0 aliphatic rings. The molecule has 0 fully saturated rings. The number of aliphatic hydroxyl groups excluding tert-OH is 4. The van der Waals surface area contributed by atoms with E-state index < -0.39 is 0 Å². The maximum absolute atomic E-state index is 10.0. The Balaban J connectivity index is 0.000000410. The third-order valence-electron chi connectivity index (χ3n) is 17.2. The Labute approximate surface area is 829 Å². The van der Waals surface area contributed by atoms with Crippen molar-refractivity contribution in [2.24, 2.45) is 0 Å². The van der Waals surface area contributed by atoms with E-state index in [1.165, 1.54) is 85.3 Å². The van der Waals surface area contributed by atoms with Gasteiger partial charge in [-0.3, -0.25) is 44.1 Å². The van der Waals surface area contributed by atoms with E-state index in [1.807, 2.05) is 225 Å². The summed E-state index contributed by atoms with van der Waals surface area (Å²) < 4.78 is 11.3. The van der Waals surface area contributed by atoms with Gasteiger partial charge in [-0.05, 0) is 179 Å². The SMILES string of the molecule is CC(=O)C=C(C)O.CC(=O)C=C(C)O.CC(=O)C=C(C)O.CC(=O)C=C(C)O.CC(C)(C[N-]Cc1ccccn1)c1cccc(-c2[c-]cccc2)n1.[Ir].[Ir].[Ir].[Ir].[c-]1c(OC[N-]Cc2ccccn2)cccc1-c1nccc2ccccc12.[c-]1ccccc1-c1cccc(C(C[N-]Cc2ccccn2)c2ccccc2)n1.[c-]1ccccc1-c1cccc(OC[N-]Cc2ccccn2)n1. The van der Waals surface area contributed by atoms with Crippen LogP contribution in [0.3, 0.4) is 0 Å². The van der Waals surface area contributed by atoms with Crippen LogP contribution in [-0.4, -0.2) is 110 Å². The first-order chi connectivity index (χ1) is 61.9. The third-order valence-corrected chi connectivity index (χ3v) is 17.2. The van der Waals surface area contributed by atoms with Crippen molar-refractivity contribution in [3.05, 3.63) is 443 Å². The first kappa shape index (κ1) is 114. The largest absolute Gasteiger partial charge is 0.656 e. The van der Waals surface area contributed by atoms with Gasteiger partial charge in [0.2, 0.25) is 5.88 Å². The molecule has 4 N–H and O–H groups in total. The Morgan fingerprint density at radius 2 is 0.765 bits per heavy atom. The van der Waals surface area contributed by atoms with E-state index in [4.69, 9.17) is 45.2 Å². The standard InChI is InChI=1S/C25H21N3.C22H17N3O.C21H21N3.C18H15N3O.4C5H8O2.4Ir/c1-3-10-20(11-4-1)23(19-26-18-22-14-7-8-17-27-22)25-16-9-15-24(28-25)21-12-5-2-6-13-21;1-2-10-21-17(6-1)11-13-25-22(21)18-7-5-9-20(14-18)26-16-23-15-19-8-3-4-12-24-19;1-21(2,16-22-15-18-11-6-7-14-23-18)20-13-8-12-19(24-20)17-9-4-3-5-10-17;1-2-7-15(8-3-1)17-10-6-11-18(21-17)22-14-19-13-16-9-4-5-12-20-16;4*1-4(6)3-5(2)7;;;;/h1-12,14-17,23H,18-19H2;1-13H,15-16H2;3-9,11-14H,15-16H2,1-2H3;1-7,9-12H,13-14H2;4*3,6H,1-2H3;;;;/q4*-2;;;;;;;;. The number of carbonyl (C=O) groups is 4. The minimum Gasteiger partial charge on any atom is -0.656 e. The molecule has 8 heterocycles. The number of ketones is 4. The summed E-state index contributed by atoms with van der Waals surface area (Å²) in [5, 5.41) is 53.9. The first-order valence-electron chi connectivity index (χ1n) is 41.0. The Kier molecular flexibility index (Phi) is 56.3. The van der Waals surface area contributed by atoms with Crippen LogP contribution in [0.5, 0.6) is 11.6 Å². The molecular weight excluding hydrogens is 2370 g/mol. The molecule has 4 radical (unpaired) electrons. The molecule has 22 nitrogen and oxygen atoms in total. The Hall–Kier alpha value is -12.3. The van der Waals surface area contributed by atoms with Gasteiger partial charge in [-0.1, -0.05) is 135 Å². The molecule has 0 bridgehead atoms. The van der Waals surface area contributed by atoms with Gasteiger partial charge in [0.15, 0.2) is 23.1 Å². The fourth-order valence-corrected chi connectivity index (χ4v) is 11.6. The van der Waals surface area contributed by atoms with Crippen LogP contribution >= 0.6 is 0 Å².